The maximum Gasteiger partial charge on any atom is 0.316 e. The van der Waals surface area contributed by atoms with E-state index in [-0.39, 0.29) is 19.2 Å². The van der Waals surface area contributed by atoms with Gasteiger partial charge in [-0.25, -0.2) is 4.79 Å². The monoisotopic (exact) mass is 238 g/mol. The molecule has 4 nitrogen and oxygen atoms in total. The molecule has 0 saturated heterocycles. The summed E-state index contributed by atoms with van der Waals surface area (Å²) < 4.78 is 0. The van der Waals surface area contributed by atoms with E-state index in [9.17, 15) is 9.90 Å². The lowest BCUT2D eigenvalue weighted by Crippen LogP contribution is -2.57. The molecule has 0 aromatic carbocycles. The Kier molecular flexibility index (Phi) is 5.30. The molecule has 0 aliphatic heterocycles. The number of carbonyl (C=O) groups excluding carboxylic acids is 1. The van der Waals surface area contributed by atoms with Gasteiger partial charge >= 0.3 is 6.03 Å². The number of terminal acetylenes is 1. The van der Waals surface area contributed by atoms with E-state index in [2.05, 4.69) is 16.6 Å². The van der Waals surface area contributed by atoms with Crippen molar-refractivity contribution in [2.24, 2.45) is 5.92 Å². The third-order valence-corrected chi connectivity index (χ3v) is 3.58. The van der Waals surface area contributed by atoms with Gasteiger partial charge in [-0.2, -0.15) is 0 Å². The molecule has 0 bridgehead atoms. The molecule has 1 aliphatic carbocycles. The summed E-state index contributed by atoms with van der Waals surface area (Å²) in [5.41, 5.74) is -0.543. The first kappa shape index (κ1) is 13.9. The average molecular weight is 238 g/mol. The highest BCUT2D eigenvalue weighted by molar-refractivity contribution is 5.75. The van der Waals surface area contributed by atoms with Gasteiger partial charge in [0.05, 0.1) is 18.7 Å². The molecule has 1 saturated carbocycles. The number of urea groups is 1. The molecular formula is C13H22N2O2. The van der Waals surface area contributed by atoms with Crippen molar-refractivity contribution in [2.45, 2.75) is 44.6 Å². The van der Waals surface area contributed by atoms with E-state index in [4.69, 9.17) is 6.42 Å². The molecular weight excluding hydrogens is 216 g/mol. The first-order chi connectivity index (χ1) is 8.12. The normalized spacial score (nSPS) is 20.1. The topological polar surface area (TPSA) is 61.4 Å². The third-order valence-electron chi connectivity index (χ3n) is 3.58. The number of amides is 2. The highest BCUT2D eigenvalue weighted by atomic mass is 16.3. The van der Waals surface area contributed by atoms with Gasteiger partial charge in [-0.15, -0.1) is 6.42 Å². The van der Waals surface area contributed by atoms with Gasteiger partial charge in [-0.1, -0.05) is 25.2 Å². The number of rotatable bonds is 4. The second-order valence-electron chi connectivity index (χ2n) is 4.92. The van der Waals surface area contributed by atoms with Crippen molar-refractivity contribution in [3.63, 3.8) is 0 Å². The number of aliphatic hydroxyl groups is 1. The zero-order valence-corrected chi connectivity index (χ0v) is 10.5. The molecule has 1 fully saturated rings. The fraction of sp³-hybridized carbons (Fsp3) is 0.769. The second kappa shape index (κ2) is 6.51. The highest BCUT2D eigenvalue weighted by Gasteiger charge is 2.35. The van der Waals surface area contributed by atoms with Crippen LogP contribution in [-0.2, 0) is 0 Å². The van der Waals surface area contributed by atoms with Crippen molar-refractivity contribution in [1.82, 2.24) is 10.6 Å². The molecule has 0 heterocycles. The quantitative estimate of drug-likeness (QED) is 0.646. The van der Waals surface area contributed by atoms with Gasteiger partial charge in [0.15, 0.2) is 0 Å². The molecule has 1 rings (SSSR count). The minimum absolute atomic E-state index is 0.0405. The van der Waals surface area contributed by atoms with Crippen LogP contribution in [0.2, 0.25) is 0 Å². The Bertz CT molecular complexity index is 292. The molecule has 0 radical (unpaired) electrons. The van der Waals surface area contributed by atoms with Crippen LogP contribution in [0.1, 0.15) is 39.0 Å². The van der Waals surface area contributed by atoms with Crippen molar-refractivity contribution in [2.75, 3.05) is 13.2 Å². The minimum atomic E-state index is -0.543. The first-order valence-electron chi connectivity index (χ1n) is 6.22. The summed E-state index contributed by atoms with van der Waals surface area (Å²) >= 11 is 0. The van der Waals surface area contributed by atoms with Crippen LogP contribution in [0.25, 0.3) is 0 Å². The Labute approximate surface area is 103 Å². The molecule has 3 N–H and O–H groups in total. The summed E-state index contributed by atoms with van der Waals surface area (Å²) in [5.74, 6) is 2.69. The SMILES string of the molecule is C#CCNC(=O)N[C@@](C)(CO)C1CCCCC1. The van der Waals surface area contributed by atoms with Gasteiger partial charge in [0.1, 0.15) is 0 Å². The molecule has 1 atom stereocenters. The Morgan fingerprint density at radius 1 is 1.47 bits per heavy atom. The number of nitrogens with one attached hydrogen (secondary N) is 2. The van der Waals surface area contributed by atoms with Crippen LogP contribution in [0.15, 0.2) is 0 Å². The van der Waals surface area contributed by atoms with Crippen LogP contribution in [-0.4, -0.2) is 29.8 Å². The summed E-state index contributed by atoms with van der Waals surface area (Å²) in [5, 5.41) is 14.9. The summed E-state index contributed by atoms with van der Waals surface area (Å²) in [6, 6.07) is -0.301. The molecule has 1 aliphatic rings. The zero-order valence-electron chi connectivity index (χ0n) is 10.5. The summed E-state index contributed by atoms with van der Waals surface area (Å²) in [7, 11) is 0. The molecule has 0 spiro atoms. The maximum atomic E-state index is 11.6. The molecule has 2 amide bonds. The smallest absolute Gasteiger partial charge is 0.316 e. The van der Waals surface area contributed by atoms with Gasteiger partial charge in [-0.3, -0.25) is 0 Å². The standard InChI is InChI=1S/C13H22N2O2/c1-3-9-14-12(17)15-13(2,10-16)11-7-5-4-6-8-11/h1,11,16H,4-10H2,2H3,(H2,14,15,17)/t13-/m0/s1. The fourth-order valence-electron chi connectivity index (χ4n) is 2.45. The van der Waals surface area contributed by atoms with Crippen LogP contribution in [0.5, 0.6) is 0 Å². The van der Waals surface area contributed by atoms with E-state index in [1.807, 2.05) is 6.92 Å². The Morgan fingerprint density at radius 3 is 2.65 bits per heavy atom. The first-order valence-corrected chi connectivity index (χ1v) is 6.22. The summed E-state index contributed by atoms with van der Waals surface area (Å²) in [4.78, 5) is 11.6. The Balaban J connectivity index is 2.54. The van der Waals surface area contributed by atoms with Crippen molar-refractivity contribution >= 4 is 6.03 Å². The van der Waals surface area contributed by atoms with Gasteiger partial charge in [0.2, 0.25) is 0 Å². The Morgan fingerprint density at radius 2 is 2.12 bits per heavy atom. The van der Waals surface area contributed by atoms with Gasteiger partial charge in [-0.05, 0) is 25.7 Å². The largest absolute Gasteiger partial charge is 0.394 e. The van der Waals surface area contributed by atoms with E-state index < -0.39 is 5.54 Å². The number of aliphatic hydroxyl groups excluding tert-OH is 1. The molecule has 0 unspecified atom stereocenters. The molecule has 0 aromatic rings. The van der Waals surface area contributed by atoms with Crippen molar-refractivity contribution in [3.05, 3.63) is 0 Å². The van der Waals surface area contributed by atoms with E-state index in [1.54, 1.807) is 0 Å². The lowest BCUT2D eigenvalue weighted by Gasteiger charge is -2.39. The van der Waals surface area contributed by atoms with Crippen LogP contribution < -0.4 is 10.6 Å². The van der Waals surface area contributed by atoms with E-state index >= 15 is 0 Å². The second-order valence-corrected chi connectivity index (χ2v) is 4.92. The van der Waals surface area contributed by atoms with Crippen LogP contribution in [0, 0.1) is 18.3 Å². The van der Waals surface area contributed by atoms with Gasteiger partial charge in [0.25, 0.3) is 0 Å². The Hall–Kier alpha value is -1.21. The molecule has 17 heavy (non-hydrogen) atoms. The van der Waals surface area contributed by atoms with Gasteiger partial charge < -0.3 is 15.7 Å². The highest BCUT2D eigenvalue weighted by Crippen LogP contribution is 2.32. The fourth-order valence-corrected chi connectivity index (χ4v) is 2.45. The zero-order chi connectivity index (χ0) is 12.7. The minimum Gasteiger partial charge on any atom is -0.394 e. The predicted molar refractivity (Wildman–Crippen MR) is 67.4 cm³/mol. The molecule has 4 heteroatoms. The van der Waals surface area contributed by atoms with Crippen LogP contribution in [0.4, 0.5) is 4.79 Å². The third kappa shape index (κ3) is 3.94. The maximum absolute atomic E-state index is 11.6. The van der Waals surface area contributed by atoms with Crippen LogP contribution >= 0.6 is 0 Å². The van der Waals surface area contributed by atoms with Gasteiger partial charge in [0, 0.05) is 0 Å². The lowest BCUT2D eigenvalue weighted by atomic mass is 9.76. The summed E-state index contributed by atoms with van der Waals surface area (Å²) in [6.45, 7) is 2.07. The average Bonchev–Trinajstić information content (AvgIpc) is 2.37. The molecule has 96 valence electrons. The lowest BCUT2D eigenvalue weighted by molar-refractivity contribution is 0.101. The van der Waals surface area contributed by atoms with E-state index in [1.165, 1.54) is 19.3 Å². The predicted octanol–water partition coefficient (Wildman–Crippen LogP) is 1.25. The van der Waals surface area contributed by atoms with Crippen LogP contribution in [0.3, 0.4) is 0 Å². The van der Waals surface area contributed by atoms with E-state index in [0.717, 1.165) is 12.8 Å². The van der Waals surface area contributed by atoms with Crippen molar-refractivity contribution < 1.29 is 9.90 Å². The van der Waals surface area contributed by atoms with Crippen molar-refractivity contribution in [1.29, 1.82) is 0 Å². The number of hydrogen-bond donors (Lipinski definition) is 3. The van der Waals surface area contributed by atoms with E-state index in [0.29, 0.717) is 5.92 Å². The molecule has 0 aromatic heterocycles. The number of hydrogen-bond acceptors (Lipinski definition) is 2. The number of carbonyl (C=O) groups is 1. The summed E-state index contributed by atoms with van der Waals surface area (Å²) in [6.07, 6.45) is 10.8. The van der Waals surface area contributed by atoms with Crippen molar-refractivity contribution in [3.8, 4) is 12.3 Å².